The van der Waals surface area contributed by atoms with E-state index in [0.717, 1.165) is 31.9 Å². The van der Waals surface area contributed by atoms with E-state index < -0.39 is 0 Å². The van der Waals surface area contributed by atoms with Crippen molar-refractivity contribution in [3.05, 3.63) is 24.0 Å². The summed E-state index contributed by atoms with van der Waals surface area (Å²) in [4.78, 5) is 8.53. The summed E-state index contributed by atoms with van der Waals surface area (Å²) in [7, 11) is 0. The van der Waals surface area contributed by atoms with E-state index >= 15 is 0 Å². The van der Waals surface area contributed by atoms with E-state index in [1.165, 1.54) is 0 Å². The number of pyridine rings is 1. The van der Waals surface area contributed by atoms with Crippen molar-refractivity contribution in [2.45, 2.75) is 0 Å². The first-order valence-corrected chi connectivity index (χ1v) is 6.27. The molecule has 104 valence electrons. The lowest BCUT2D eigenvalue weighted by Gasteiger charge is -2.36. The van der Waals surface area contributed by atoms with Crippen LogP contribution >= 0.6 is 0 Å². The zero-order chi connectivity index (χ0) is 13.7. The van der Waals surface area contributed by atoms with Gasteiger partial charge in [-0.3, -0.25) is 9.88 Å². The zero-order valence-electron chi connectivity index (χ0n) is 10.7. The summed E-state index contributed by atoms with van der Waals surface area (Å²) in [5.74, 6) is 0.0217. The van der Waals surface area contributed by atoms with Crippen molar-refractivity contribution >= 4 is 11.5 Å². The van der Waals surface area contributed by atoms with E-state index in [4.69, 9.17) is 16.0 Å². The van der Waals surface area contributed by atoms with Crippen LogP contribution < -0.4 is 10.6 Å². The van der Waals surface area contributed by atoms with Gasteiger partial charge in [0.25, 0.3) is 0 Å². The molecule has 0 atom stereocenters. The minimum absolute atomic E-state index is 0.0217. The molecule has 4 N–H and O–H groups in total. The highest BCUT2D eigenvalue weighted by molar-refractivity contribution is 6.00. The van der Waals surface area contributed by atoms with Crippen LogP contribution in [0.25, 0.3) is 0 Å². The fraction of sp³-hybridized carbons (Fsp3) is 0.500. The van der Waals surface area contributed by atoms with E-state index in [9.17, 15) is 0 Å². The molecule has 7 heteroatoms. The first kappa shape index (κ1) is 13.6. The molecule has 0 aromatic carbocycles. The largest absolute Gasteiger partial charge is 0.409 e. The molecule has 0 unspecified atom stereocenters. The highest BCUT2D eigenvalue weighted by Gasteiger charge is 2.20. The van der Waals surface area contributed by atoms with Gasteiger partial charge < -0.3 is 20.9 Å². The quantitative estimate of drug-likeness (QED) is 0.288. The number of aliphatic hydroxyl groups excluding tert-OH is 1. The number of anilines is 1. The number of hydrogen-bond acceptors (Lipinski definition) is 6. The minimum atomic E-state index is 0.0217. The van der Waals surface area contributed by atoms with Crippen molar-refractivity contribution in [1.82, 2.24) is 9.88 Å². The van der Waals surface area contributed by atoms with Gasteiger partial charge >= 0.3 is 0 Å². The average molecular weight is 265 g/mol. The maximum atomic E-state index is 8.92. The van der Waals surface area contributed by atoms with Gasteiger partial charge in [-0.05, 0) is 12.1 Å². The third-order valence-corrected chi connectivity index (χ3v) is 3.27. The Kier molecular flexibility index (Phi) is 4.53. The molecule has 0 saturated carbocycles. The summed E-state index contributed by atoms with van der Waals surface area (Å²) < 4.78 is 0. The van der Waals surface area contributed by atoms with Crippen LogP contribution in [-0.2, 0) is 0 Å². The standard InChI is InChI=1S/C12H19N5O2/c13-12(15-19)11-10(2-1-3-14-11)17-6-4-16(5-7-17)8-9-18/h1-3,18-19H,4-9H2,(H2,13,15). The summed E-state index contributed by atoms with van der Waals surface area (Å²) in [6.45, 7) is 4.31. The smallest absolute Gasteiger partial charge is 0.190 e. The van der Waals surface area contributed by atoms with Gasteiger partial charge in [-0.1, -0.05) is 5.16 Å². The number of oxime groups is 1. The molecule has 1 aliphatic heterocycles. The molecule has 19 heavy (non-hydrogen) atoms. The van der Waals surface area contributed by atoms with Crippen LogP contribution in [0.5, 0.6) is 0 Å². The molecule has 0 aliphatic carbocycles. The van der Waals surface area contributed by atoms with E-state index in [1.54, 1.807) is 6.20 Å². The predicted molar refractivity (Wildman–Crippen MR) is 72.5 cm³/mol. The van der Waals surface area contributed by atoms with Gasteiger partial charge in [0.2, 0.25) is 0 Å². The molecule has 1 fully saturated rings. The monoisotopic (exact) mass is 265 g/mol. The van der Waals surface area contributed by atoms with E-state index in [0.29, 0.717) is 12.2 Å². The molecule has 7 nitrogen and oxygen atoms in total. The Hall–Kier alpha value is -1.86. The number of aliphatic hydroxyl groups is 1. The summed E-state index contributed by atoms with van der Waals surface area (Å²) in [6, 6.07) is 3.76. The second-order valence-corrected chi connectivity index (χ2v) is 4.41. The fourth-order valence-corrected chi connectivity index (χ4v) is 2.25. The van der Waals surface area contributed by atoms with E-state index in [-0.39, 0.29) is 12.4 Å². The highest BCUT2D eigenvalue weighted by Crippen LogP contribution is 2.19. The number of hydrogen-bond donors (Lipinski definition) is 3. The summed E-state index contributed by atoms with van der Waals surface area (Å²) in [6.07, 6.45) is 1.62. The maximum Gasteiger partial charge on any atom is 0.190 e. The Labute approximate surface area is 111 Å². The van der Waals surface area contributed by atoms with Gasteiger partial charge in [-0.25, -0.2) is 0 Å². The summed E-state index contributed by atoms with van der Waals surface area (Å²) in [5, 5.41) is 20.7. The number of piperazine rings is 1. The van der Waals surface area contributed by atoms with Crippen LogP contribution in [0.3, 0.4) is 0 Å². The van der Waals surface area contributed by atoms with Crippen molar-refractivity contribution in [3.63, 3.8) is 0 Å². The number of aromatic nitrogens is 1. The van der Waals surface area contributed by atoms with E-state index in [1.807, 2.05) is 12.1 Å². The van der Waals surface area contributed by atoms with Crippen LogP contribution in [0.4, 0.5) is 5.69 Å². The van der Waals surface area contributed by atoms with Crippen molar-refractivity contribution in [1.29, 1.82) is 0 Å². The van der Waals surface area contributed by atoms with Gasteiger partial charge in [-0.15, -0.1) is 0 Å². The number of amidine groups is 1. The third kappa shape index (κ3) is 3.12. The molecule has 0 bridgehead atoms. The molecule has 1 saturated heterocycles. The summed E-state index contributed by atoms with van der Waals surface area (Å²) in [5.41, 5.74) is 7.02. The van der Waals surface area contributed by atoms with Gasteiger partial charge in [0, 0.05) is 38.9 Å². The first-order valence-electron chi connectivity index (χ1n) is 6.27. The molecule has 1 aromatic rings. The average Bonchev–Trinajstić information content (AvgIpc) is 2.47. The number of nitrogens with zero attached hydrogens (tertiary/aromatic N) is 4. The third-order valence-electron chi connectivity index (χ3n) is 3.27. The second-order valence-electron chi connectivity index (χ2n) is 4.41. The predicted octanol–water partition coefficient (Wildman–Crippen LogP) is -0.710. The molecule has 0 spiro atoms. The topological polar surface area (TPSA) is 98.2 Å². The van der Waals surface area contributed by atoms with Crippen LogP contribution in [-0.4, -0.2) is 65.4 Å². The van der Waals surface area contributed by atoms with Gasteiger partial charge in [-0.2, -0.15) is 0 Å². The maximum absolute atomic E-state index is 8.92. The lowest BCUT2D eigenvalue weighted by Crippen LogP contribution is -2.47. The molecular formula is C12H19N5O2. The Balaban J connectivity index is 2.11. The van der Waals surface area contributed by atoms with Crippen LogP contribution in [0.1, 0.15) is 5.69 Å². The van der Waals surface area contributed by atoms with E-state index in [2.05, 4.69) is 19.9 Å². The van der Waals surface area contributed by atoms with Crippen LogP contribution in [0.15, 0.2) is 23.5 Å². The van der Waals surface area contributed by atoms with Crippen molar-refractivity contribution < 1.29 is 10.3 Å². The Morgan fingerprint density at radius 2 is 2.11 bits per heavy atom. The summed E-state index contributed by atoms with van der Waals surface area (Å²) >= 11 is 0. The fourth-order valence-electron chi connectivity index (χ4n) is 2.25. The normalized spacial score (nSPS) is 17.7. The van der Waals surface area contributed by atoms with Crippen molar-refractivity contribution in [3.8, 4) is 0 Å². The first-order chi connectivity index (χ1) is 9.26. The second kappa shape index (κ2) is 6.35. The molecule has 2 heterocycles. The van der Waals surface area contributed by atoms with Gasteiger partial charge in [0.15, 0.2) is 5.84 Å². The molecule has 2 rings (SSSR count). The lowest BCUT2D eigenvalue weighted by molar-refractivity contribution is 0.188. The van der Waals surface area contributed by atoms with Crippen LogP contribution in [0.2, 0.25) is 0 Å². The van der Waals surface area contributed by atoms with Gasteiger partial charge in [0.05, 0.1) is 12.3 Å². The Morgan fingerprint density at radius 3 is 2.74 bits per heavy atom. The Morgan fingerprint density at radius 1 is 1.37 bits per heavy atom. The van der Waals surface area contributed by atoms with Crippen LogP contribution in [0, 0.1) is 0 Å². The number of rotatable bonds is 4. The van der Waals surface area contributed by atoms with Crippen molar-refractivity contribution in [2.75, 3.05) is 44.2 Å². The number of β-amino-alcohol motifs (C(OH)–C–C–N with tert-alkyl or cyclic N) is 1. The molecule has 0 radical (unpaired) electrons. The zero-order valence-corrected chi connectivity index (χ0v) is 10.7. The number of nitrogens with two attached hydrogens (primary N) is 1. The SMILES string of the molecule is N/C(=N/O)c1ncccc1N1CCN(CCO)CC1. The molecule has 1 aliphatic rings. The lowest BCUT2D eigenvalue weighted by atomic mass is 10.2. The highest BCUT2D eigenvalue weighted by atomic mass is 16.4. The molecular weight excluding hydrogens is 246 g/mol. The molecule has 1 aromatic heterocycles. The van der Waals surface area contributed by atoms with Crippen molar-refractivity contribution in [2.24, 2.45) is 10.9 Å². The van der Waals surface area contributed by atoms with Gasteiger partial charge in [0.1, 0.15) is 5.69 Å². The Bertz CT molecular complexity index is 444. The minimum Gasteiger partial charge on any atom is -0.409 e. The molecule has 0 amide bonds.